The maximum absolute atomic E-state index is 5.82. The van der Waals surface area contributed by atoms with Crippen molar-refractivity contribution in [3.8, 4) is 11.7 Å². The molecule has 90 valence electrons. The largest absolute Gasteiger partial charge is 0.475 e. The number of nitrogen functional groups attached to an aromatic ring is 1. The fourth-order valence-corrected chi connectivity index (χ4v) is 1.37. The van der Waals surface area contributed by atoms with Crippen LogP contribution in [-0.2, 0) is 0 Å². The Hall–Kier alpha value is -1.82. The standard InChI is InChI=1S/C10H12ClN5O/c1-6(2)17-9-3-8(13-5-14-9)16-4-7(11)10(12)15-16/h3-6H,1-2H3,(H2,12,15). The highest BCUT2D eigenvalue weighted by Gasteiger charge is 2.08. The number of hydrogen-bond donors (Lipinski definition) is 1. The molecule has 2 rings (SSSR count). The fraction of sp³-hybridized carbons (Fsp3) is 0.300. The summed E-state index contributed by atoms with van der Waals surface area (Å²) in [6.45, 7) is 3.84. The van der Waals surface area contributed by atoms with Gasteiger partial charge in [-0.15, -0.1) is 5.10 Å². The molecule has 2 N–H and O–H groups in total. The highest BCUT2D eigenvalue weighted by atomic mass is 35.5. The van der Waals surface area contributed by atoms with Crippen LogP contribution in [0.1, 0.15) is 13.8 Å². The third kappa shape index (κ3) is 2.65. The molecule has 0 atom stereocenters. The van der Waals surface area contributed by atoms with Crippen molar-refractivity contribution >= 4 is 17.4 Å². The zero-order valence-electron chi connectivity index (χ0n) is 9.46. The molecule has 0 aliphatic heterocycles. The zero-order chi connectivity index (χ0) is 12.4. The topological polar surface area (TPSA) is 78.9 Å². The molecule has 2 aromatic rings. The van der Waals surface area contributed by atoms with Gasteiger partial charge in [0, 0.05) is 6.07 Å². The van der Waals surface area contributed by atoms with Crippen LogP contribution in [0.2, 0.25) is 5.02 Å². The van der Waals surface area contributed by atoms with Gasteiger partial charge < -0.3 is 10.5 Å². The number of halogens is 1. The van der Waals surface area contributed by atoms with Gasteiger partial charge in [0.25, 0.3) is 0 Å². The molecule has 0 aromatic carbocycles. The molecule has 6 nitrogen and oxygen atoms in total. The Morgan fingerprint density at radius 1 is 1.41 bits per heavy atom. The normalized spacial score (nSPS) is 10.8. The first kappa shape index (κ1) is 11.7. The Labute approximate surface area is 103 Å². The van der Waals surface area contributed by atoms with Gasteiger partial charge in [-0.1, -0.05) is 11.6 Å². The summed E-state index contributed by atoms with van der Waals surface area (Å²) in [6, 6.07) is 1.67. The lowest BCUT2D eigenvalue weighted by Crippen LogP contribution is -2.08. The van der Waals surface area contributed by atoms with Crippen molar-refractivity contribution < 1.29 is 4.74 Å². The lowest BCUT2D eigenvalue weighted by Gasteiger charge is -2.08. The Morgan fingerprint density at radius 2 is 2.18 bits per heavy atom. The smallest absolute Gasteiger partial charge is 0.218 e. The number of nitrogens with two attached hydrogens (primary N) is 1. The van der Waals surface area contributed by atoms with E-state index in [9.17, 15) is 0 Å². The summed E-state index contributed by atoms with van der Waals surface area (Å²) in [5, 5.41) is 4.40. The van der Waals surface area contributed by atoms with Crippen LogP contribution in [0.4, 0.5) is 5.82 Å². The summed E-state index contributed by atoms with van der Waals surface area (Å²) in [5.41, 5.74) is 5.56. The van der Waals surface area contributed by atoms with Crippen molar-refractivity contribution in [1.29, 1.82) is 0 Å². The predicted molar refractivity (Wildman–Crippen MR) is 64.3 cm³/mol. The molecule has 0 aliphatic rings. The lowest BCUT2D eigenvalue weighted by atomic mass is 10.5. The van der Waals surface area contributed by atoms with Crippen molar-refractivity contribution in [2.24, 2.45) is 0 Å². The average molecular weight is 254 g/mol. The molecule has 0 spiro atoms. The first-order chi connectivity index (χ1) is 8.06. The van der Waals surface area contributed by atoms with Crippen LogP contribution in [0.3, 0.4) is 0 Å². The van der Waals surface area contributed by atoms with E-state index in [4.69, 9.17) is 22.1 Å². The maximum Gasteiger partial charge on any atom is 0.218 e. The number of anilines is 1. The van der Waals surface area contributed by atoms with E-state index in [1.54, 1.807) is 12.3 Å². The van der Waals surface area contributed by atoms with Crippen LogP contribution in [-0.4, -0.2) is 25.9 Å². The van der Waals surface area contributed by atoms with Gasteiger partial charge in [0.05, 0.1) is 12.3 Å². The summed E-state index contributed by atoms with van der Waals surface area (Å²) >= 11 is 5.82. The SMILES string of the molecule is CC(C)Oc1cc(-n2cc(Cl)c(N)n2)ncn1. The predicted octanol–water partition coefficient (Wildman–Crippen LogP) is 1.69. The minimum Gasteiger partial charge on any atom is -0.475 e. The Morgan fingerprint density at radius 3 is 2.76 bits per heavy atom. The highest BCUT2D eigenvalue weighted by molar-refractivity contribution is 6.32. The second-order valence-electron chi connectivity index (χ2n) is 3.69. The summed E-state index contributed by atoms with van der Waals surface area (Å²) in [6.07, 6.45) is 3.03. The number of rotatable bonds is 3. The third-order valence-electron chi connectivity index (χ3n) is 1.91. The molecule has 0 saturated carbocycles. The first-order valence-corrected chi connectivity index (χ1v) is 5.44. The molecule has 0 saturated heterocycles. The first-order valence-electron chi connectivity index (χ1n) is 5.06. The molecule has 2 aromatic heterocycles. The number of hydrogen-bond acceptors (Lipinski definition) is 5. The quantitative estimate of drug-likeness (QED) is 0.900. The van der Waals surface area contributed by atoms with Crippen molar-refractivity contribution in [2.75, 3.05) is 5.73 Å². The van der Waals surface area contributed by atoms with E-state index in [1.165, 1.54) is 11.0 Å². The van der Waals surface area contributed by atoms with Gasteiger partial charge in [0.1, 0.15) is 11.3 Å². The zero-order valence-corrected chi connectivity index (χ0v) is 10.2. The van der Waals surface area contributed by atoms with E-state index < -0.39 is 0 Å². The summed E-state index contributed by atoms with van der Waals surface area (Å²) in [5.74, 6) is 1.29. The average Bonchev–Trinajstić information content (AvgIpc) is 2.59. The van der Waals surface area contributed by atoms with Crippen LogP contribution in [0, 0.1) is 0 Å². The molecule has 17 heavy (non-hydrogen) atoms. The van der Waals surface area contributed by atoms with Crippen LogP contribution >= 0.6 is 11.6 Å². The third-order valence-corrected chi connectivity index (χ3v) is 2.21. The monoisotopic (exact) mass is 253 g/mol. The molecule has 0 unspecified atom stereocenters. The number of aromatic nitrogens is 4. The van der Waals surface area contributed by atoms with Gasteiger partial charge in [-0.3, -0.25) is 0 Å². The van der Waals surface area contributed by atoms with Crippen molar-refractivity contribution in [3.63, 3.8) is 0 Å². The molecule has 0 aliphatic carbocycles. The minimum absolute atomic E-state index is 0.0454. The van der Waals surface area contributed by atoms with E-state index in [0.29, 0.717) is 16.7 Å². The van der Waals surface area contributed by atoms with Crippen molar-refractivity contribution in [3.05, 3.63) is 23.6 Å². The van der Waals surface area contributed by atoms with Gasteiger partial charge in [-0.2, -0.15) is 0 Å². The number of nitrogens with zero attached hydrogens (tertiary/aromatic N) is 4. The molecule has 2 heterocycles. The Kier molecular flexibility index (Phi) is 3.14. The van der Waals surface area contributed by atoms with Gasteiger partial charge >= 0.3 is 0 Å². The van der Waals surface area contributed by atoms with Crippen molar-refractivity contribution in [2.45, 2.75) is 20.0 Å². The fourth-order valence-electron chi connectivity index (χ4n) is 1.24. The molecule has 0 bridgehead atoms. The van der Waals surface area contributed by atoms with Gasteiger partial charge in [0.2, 0.25) is 5.88 Å². The van der Waals surface area contributed by atoms with Crippen LogP contribution < -0.4 is 10.5 Å². The molecule has 0 radical (unpaired) electrons. The van der Waals surface area contributed by atoms with Gasteiger partial charge in [0.15, 0.2) is 11.6 Å². The van der Waals surface area contributed by atoms with Gasteiger partial charge in [-0.25, -0.2) is 14.6 Å². The summed E-state index contributed by atoms with van der Waals surface area (Å²) < 4.78 is 6.94. The van der Waals surface area contributed by atoms with Crippen LogP contribution in [0.5, 0.6) is 5.88 Å². The number of ether oxygens (including phenoxy) is 1. The van der Waals surface area contributed by atoms with E-state index >= 15 is 0 Å². The molecule has 0 amide bonds. The maximum atomic E-state index is 5.82. The van der Waals surface area contributed by atoms with Gasteiger partial charge in [-0.05, 0) is 13.8 Å². The van der Waals surface area contributed by atoms with E-state index in [2.05, 4.69) is 15.1 Å². The molecule has 0 fully saturated rings. The Bertz CT molecular complexity index is 506. The Balaban J connectivity index is 2.32. The molecular weight excluding hydrogens is 242 g/mol. The minimum atomic E-state index is 0.0454. The van der Waals surface area contributed by atoms with E-state index in [1.807, 2.05) is 13.8 Å². The lowest BCUT2D eigenvalue weighted by molar-refractivity contribution is 0.232. The molecular formula is C10H12ClN5O. The van der Waals surface area contributed by atoms with E-state index in [0.717, 1.165) is 0 Å². The summed E-state index contributed by atoms with van der Waals surface area (Å²) in [7, 11) is 0. The van der Waals surface area contributed by atoms with Crippen LogP contribution in [0.15, 0.2) is 18.6 Å². The second kappa shape index (κ2) is 4.58. The summed E-state index contributed by atoms with van der Waals surface area (Å²) in [4.78, 5) is 8.06. The van der Waals surface area contributed by atoms with E-state index in [-0.39, 0.29) is 11.9 Å². The van der Waals surface area contributed by atoms with Crippen molar-refractivity contribution in [1.82, 2.24) is 19.7 Å². The molecule has 7 heteroatoms. The highest BCUT2D eigenvalue weighted by Crippen LogP contribution is 2.19. The second-order valence-corrected chi connectivity index (χ2v) is 4.10. The van der Waals surface area contributed by atoms with Crippen LogP contribution in [0.25, 0.3) is 5.82 Å².